The van der Waals surface area contributed by atoms with Gasteiger partial charge in [0.2, 0.25) is 0 Å². The number of rotatable bonds is 3. The number of carbonyl (C=O) groups is 1. The lowest BCUT2D eigenvalue weighted by atomic mass is 10.0. The topological polar surface area (TPSA) is 41.6 Å². The van der Waals surface area contributed by atoms with Gasteiger partial charge in [0, 0.05) is 19.1 Å². The lowest BCUT2D eigenvalue weighted by Crippen LogP contribution is -2.47. The summed E-state index contributed by atoms with van der Waals surface area (Å²) in [4.78, 5) is 13.9. The Labute approximate surface area is 105 Å². The maximum absolute atomic E-state index is 12.0. The van der Waals surface area contributed by atoms with Crippen LogP contribution in [0.5, 0.6) is 0 Å². The first-order chi connectivity index (χ1) is 8.02. The number of amides is 1. The number of nitrogens with one attached hydrogen (secondary N) is 1. The molecule has 0 bridgehead atoms. The third-order valence-corrected chi connectivity index (χ3v) is 3.05. The molecule has 0 spiro atoms. The van der Waals surface area contributed by atoms with E-state index in [4.69, 9.17) is 4.74 Å². The fourth-order valence-corrected chi connectivity index (χ4v) is 2.04. The third-order valence-electron chi connectivity index (χ3n) is 3.05. The zero-order valence-corrected chi connectivity index (χ0v) is 11.5. The van der Waals surface area contributed by atoms with E-state index in [0.717, 1.165) is 26.1 Å². The molecule has 0 radical (unpaired) electrons. The Bertz CT molecular complexity index is 242. The van der Waals surface area contributed by atoms with Gasteiger partial charge in [-0.2, -0.15) is 0 Å². The Hall–Kier alpha value is -0.770. The van der Waals surface area contributed by atoms with Crippen molar-refractivity contribution in [3.8, 4) is 0 Å². The molecule has 1 fully saturated rings. The monoisotopic (exact) mass is 242 g/mol. The summed E-state index contributed by atoms with van der Waals surface area (Å²) in [6.07, 6.45) is 0.848. The first-order valence-electron chi connectivity index (χ1n) is 6.66. The second-order valence-electron chi connectivity index (χ2n) is 5.53. The Kier molecular flexibility index (Phi) is 5.75. The second kappa shape index (κ2) is 6.84. The molecule has 0 aromatic rings. The van der Waals surface area contributed by atoms with Gasteiger partial charge in [-0.15, -0.1) is 0 Å². The molecule has 1 unspecified atom stereocenters. The van der Waals surface area contributed by atoms with Crippen molar-refractivity contribution in [3.05, 3.63) is 0 Å². The summed E-state index contributed by atoms with van der Waals surface area (Å²) in [5, 5.41) is 3.38. The second-order valence-corrected chi connectivity index (χ2v) is 5.53. The molecule has 17 heavy (non-hydrogen) atoms. The normalized spacial score (nSPS) is 21.8. The maximum atomic E-state index is 12.0. The van der Waals surface area contributed by atoms with E-state index in [0.29, 0.717) is 18.4 Å². The molecule has 0 aliphatic carbocycles. The van der Waals surface area contributed by atoms with Gasteiger partial charge in [-0.3, -0.25) is 0 Å². The van der Waals surface area contributed by atoms with E-state index in [1.165, 1.54) is 0 Å². The fraction of sp³-hybridized carbons (Fsp3) is 0.923. The van der Waals surface area contributed by atoms with Gasteiger partial charge in [-0.05, 0) is 24.8 Å². The smallest absolute Gasteiger partial charge is 0.410 e. The van der Waals surface area contributed by atoms with Crippen molar-refractivity contribution in [1.82, 2.24) is 10.2 Å². The molecule has 1 atom stereocenters. The van der Waals surface area contributed by atoms with Gasteiger partial charge in [0.05, 0.1) is 6.61 Å². The van der Waals surface area contributed by atoms with Gasteiger partial charge in [-0.25, -0.2) is 4.79 Å². The van der Waals surface area contributed by atoms with Crippen molar-refractivity contribution >= 4 is 6.09 Å². The number of nitrogens with zero attached hydrogens (tertiary/aromatic N) is 1. The fourth-order valence-electron chi connectivity index (χ4n) is 2.04. The molecule has 4 nitrogen and oxygen atoms in total. The molecule has 1 saturated heterocycles. The van der Waals surface area contributed by atoms with Gasteiger partial charge >= 0.3 is 6.09 Å². The Balaban J connectivity index is 2.58. The zero-order valence-electron chi connectivity index (χ0n) is 11.5. The average Bonchev–Trinajstić information content (AvgIpc) is 2.50. The van der Waals surface area contributed by atoms with Gasteiger partial charge in [-0.1, -0.05) is 27.7 Å². The molecule has 0 saturated carbocycles. The van der Waals surface area contributed by atoms with Crippen LogP contribution in [0.1, 0.15) is 34.1 Å². The summed E-state index contributed by atoms with van der Waals surface area (Å²) in [5.74, 6) is 0.841. The molecule has 100 valence electrons. The minimum absolute atomic E-state index is 0.152. The van der Waals surface area contributed by atoms with Crippen LogP contribution < -0.4 is 5.32 Å². The minimum Gasteiger partial charge on any atom is -0.449 e. The van der Waals surface area contributed by atoms with Crippen molar-refractivity contribution in [2.75, 3.05) is 26.2 Å². The molecule has 4 heteroatoms. The van der Waals surface area contributed by atoms with Crippen molar-refractivity contribution in [2.24, 2.45) is 11.8 Å². The van der Waals surface area contributed by atoms with Gasteiger partial charge in [0.15, 0.2) is 0 Å². The van der Waals surface area contributed by atoms with Crippen LogP contribution in [0.3, 0.4) is 0 Å². The van der Waals surface area contributed by atoms with Crippen molar-refractivity contribution in [2.45, 2.75) is 40.2 Å². The highest BCUT2D eigenvalue weighted by Gasteiger charge is 2.28. The Morgan fingerprint density at radius 3 is 2.71 bits per heavy atom. The molecule has 0 aromatic carbocycles. The van der Waals surface area contributed by atoms with E-state index >= 15 is 0 Å². The van der Waals surface area contributed by atoms with Gasteiger partial charge < -0.3 is 15.0 Å². The first kappa shape index (κ1) is 14.3. The highest BCUT2D eigenvalue weighted by Crippen LogP contribution is 2.14. The quantitative estimate of drug-likeness (QED) is 0.824. The highest BCUT2D eigenvalue weighted by molar-refractivity contribution is 5.68. The Morgan fingerprint density at radius 1 is 1.41 bits per heavy atom. The SMILES string of the molecule is CC(C)COC(=O)N1CCCNCC1C(C)C. The molecule has 0 aromatic heterocycles. The summed E-state index contributed by atoms with van der Waals surface area (Å²) in [5.41, 5.74) is 0. The first-order valence-corrected chi connectivity index (χ1v) is 6.66. The van der Waals surface area contributed by atoms with Crippen LogP contribution in [-0.2, 0) is 4.74 Å². The van der Waals surface area contributed by atoms with E-state index in [2.05, 4.69) is 33.0 Å². The van der Waals surface area contributed by atoms with Crippen LogP contribution >= 0.6 is 0 Å². The van der Waals surface area contributed by atoms with Crippen LogP contribution in [0.4, 0.5) is 4.79 Å². The van der Waals surface area contributed by atoms with Crippen LogP contribution in [0.2, 0.25) is 0 Å². The Morgan fingerprint density at radius 2 is 2.12 bits per heavy atom. The van der Waals surface area contributed by atoms with Gasteiger partial charge in [0.25, 0.3) is 0 Å². The van der Waals surface area contributed by atoms with Gasteiger partial charge in [0.1, 0.15) is 0 Å². The minimum atomic E-state index is -0.152. The largest absolute Gasteiger partial charge is 0.449 e. The molecular weight excluding hydrogens is 216 g/mol. The van der Waals surface area contributed by atoms with Crippen LogP contribution in [0, 0.1) is 11.8 Å². The molecular formula is C13H26N2O2. The maximum Gasteiger partial charge on any atom is 0.410 e. The van der Waals surface area contributed by atoms with E-state index in [1.54, 1.807) is 0 Å². The molecule has 1 aliphatic heterocycles. The molecule has 1 amide bonds. The van der Waals surface area contributed by atoms with Crippen LogP contribution in [0.15, 0.2) is 0 Å². The number of carbonyl (C=O) groups excluding carboxylic acids is 1. The highest BCUT2D eigenvalue weighted by atomic mass is 16.6. The number of ether oxygens (including phenoxy) is 1. The molecule has 1 aliphatic rings. The van der Waals surface area contributed by atoms with E-state index in [-0.39, 0.29) is 12.1 Å². The van der Waals surface area contributed by atoms with E-state index < -0.39 is 0 Å². The van der Waals surface area contributed by atoms with Crippen LogP contribution in [-0.4, -0.2) is 43.3 Å². The lowest BCUT2D eigenvalue weighted by molar-refractivity contribution is 0.0712. The molecule has 1 N–H and O–H groups in total. The molecule has 1 heterocycles. The van der Waals surface area contributed by atoms with Crippen LogP contribution in [0.25, 0.3) is 0 Å². The standard InChI is InChI=1S/C13H26N2O2/c1-10(2)9-17-13(16)15-7-5-6-14-8-12(15)11(3)4/h10-12,14H,5-9H2,1-4H3. The average molecular weight is 242 g/mol. The predicted octanol–water partition coefficient (Wildman–Crippen LogP) is 2.10. The molecule has 1 rings (SSSR count). The summed E-state index contributed by atoms with van der Waals surface area (Å²) in [7, 11) is 0. The summed E-state index contributed by atoms with van der Waals surface area (Å²) < 4.78 is 5.34. The summed E-state index contributed by atoms with van der Waals surface area (Å²) in [6, 6.07) is 0.247. The predicted molar refractivity (Wildman–Crippen MR) is 69.0 cm³/mol. The zero-order chi connectivity index (χ0) is 12.8. The van der Waals surface area contributed by atoms with Crippen molar-refractivity contribution < 1.29 is 9.53 Å². The third kappa shape index (κ3) is 4.54. The number of hydrogen-bond acceptors (Lipinski definition) is 3. The van der Waals surface area contributed by atoms with Crippen molar-refractivity contribution in [1.29, 1.82) is 0 Å². The van der Waals surface area contributed by atoms with E-state index in [9.17, 15) is 4.79 Å². The summed E-state index contributed by atoms with van der Waals surface area (Å²) in [6.45, 7) is 11.6. The lowest BCUT2D eigenvalue weighted by Gasteiger charge is -2.32. The summed E-state index contributed by atoms with van der Waals surface area (Å²) >= 11 is 0. The number of hydrogen-bond donors (Lipinski definition) is 1. The van der Waals surface area contributed by atoms with E-state index in [1.807, 2.05) is 4.90 Å². The van der Waals surface area contributed by atoms with Crippen molar-refractivity contribution in [3.63, 3.8) is 0 Å².